The zero-order valence-corrected chi connectivity index (χ0v) is 14.7. The summed E-state index contributed by atoms with van der Waals surface area (Å²) in [5.41, 5.74) is 1.15. The Morgan fingerprint density at radius 2 is 1.76 bits per heavy atom. The van der Waals surface area contributed by atoms with Crippen molar-refractivity contribution in [3.8, 4) is 5.75 Å². The molecule has 0 unspecified atom stereocenters. The summed E-state index contributed by atoms with van der Waals surface area (Å²) in [7, 11) is 1.65. The molecule has 138 valence electrons. The number of methoxy groups -OCH3 is 1. The summed E-state index contributed by atoms with van der Waals surface area (Å²) in [5, 5.41) is 10.8. The van der Waals surface area contributed by atoms with Crippen LogP contribution in [0.2, 0.25) is 0 Å². The maximum atomic E-state index is 12.2. The van der Waals surface area contributed by atoms with Gasteiger partial charge in [-0.3, -0.25) is 4.79 Å². The topological polar surface area (TPSA) is 82.1 Å². The number of piperazine rings is 1. The molecule has 0 radical (unpaired) electrons. The van der Waals surface area contributed by atoms with E-state index in [2.05, 4.69) is 10.2 Å². The number of hydrogen-bond acceptors (Lipinski definition) is 4. The predicted octanol–water partition coefficient (Wildman–Crippen LogP) is 2.17. The molecule has 0 aliphatic carbocycles. The van der Waals surface area contributed by atoms with E-state index in [1.165, 1.54) is 0 Å². The number of carbonyl (C=O) groups is 2. The van der Waals surface area contributed by atoms with E-state index in [1.807, 2.05) is 29.2 Å². The fourth-order valence-electron chi connectivity index (χ4n) is 2.94. The molecule has 2 amide bonds. The highest BCUT2D eigenvalue weighted by Gasteiger charge is 2.20. The molecule has 1 saturated heterocycles. The lowest BCUT2D eigenvalue weighted by atomic mass is 10.1. The van der Waals surface area contributed by atoms with Crippen LogP contribution in [0.5, 0.6) is 5.75 Å². The van der Waals surface area contributed by atoms with Gasteiger partial charge in [-0.1, -0.05) is 6.42 Å². The van der Waals surface area contributed by atoms with E-state index >= 15 is 0 Å². The fourth-order valence-corrected chi connectivity index (χ4v) is 2.94. The molecule has 7 heteroatoms. The monoisotopic (exact) mass is 349 g/mol. The van der Waals surface area contributed by atoms with Gasteiger partial charge in [-0.15, -0.1) is 0 Å². The molecule has 0 aromatic heterocycles. The highest BCUT2D eigenvalue weighted by molar-refractivity contribution is 5.76. The first kappa shape index (κ1) is 18.9. The van der Waals surface area contributed by atoms with Crippen LogP contribution in [0.3, 0.4) is 0 Å². The summed E-state index contributed by atoms with van der Waals surface area (Å²) < 4.78 is 5.17. The second-order valence-electron chi connectivity index (χ2n) is 6.11. The van der Waals surface area contributed by atoms with Gasteiger partial charge in [-0.2, -0.15) is 0 Å². The summed E-state index contributed by atoms with van der Waals surface area (Å²) in [4.78, 5) is 26.8. The largest absolute Gasteiger partial charge is 0.497 e. The molecular weight excluding hydrogens is 322 g/mol. The van der Waals surface area contributed by atoms with Crippen molar-refractivity contribution in [2.75, 3.05) is 44.7 Å². The Balaban J connectivity index is 1.65. The van der Waals surface area contributed by atoms with Crippen LogP contribution in [-0.4, -0.2) is 61.8 Å². The SMILES string of the molecule is COc1ccc(N2CCN(C(=O)CCCCCNC(=O)O)CC2)cc1. The van der Waals surface area contributed by atoms with Gasteiger partial charge in [0.25, 0.3) is 0 Å². The van der Waals surface area contributed by atoms with Gasteiger partial charge in [-0.05, 0) is 37.1 Å². The van der Waals surface area contributed by atoms with Gasteiger partial charge in [-0.25, -0.2) is 4.79 Å². The van der Waals surface area contributed by atoms with Crippen LogP contribution in [0, 0.1) is 0 Å². The van der Waals surface area contributed by atoms with Crippen molar-refractivity contribution in [2.45, 2.75) is 25.7 Å². The third-order valence-electron chi connectivity index (χ3n) is 4.41. The molecule has 0 bridgehead atoms. The van der Waals surface area contributed by atoms with Gasteiger partial charge in [0.05, 0.1) is 7.11 Å². The van der Waals surface area contributed by atoms with E-state index in [0.29, 0.717) is 13.0 Å². The number of benzene rings is 1. The molecule has 1 heterocycles. The van der Waals surface area contributed by atoms with Crippen LogP contribution in [0.25, 0.3) is 0 Å². The van der Waals surface area contributed by atoms with Crippen molar-refractivity contribution in [1.82, 2.24) is 10.2 Å². The van der Waals surface area contributed by atoms with Crippen molar-refractivity contribution < 1.29 is 19.4 Å². The average Bonchev–Trinajstić information content (AvgIpc) is 2.64. The first-order chi connectivity index (χ1) is 12.1. The van der Waals surface area contributed by atoms with Crippen molar-refractivity contribution in [3.05, 3.63) is 24.3 Å². The molecule has 1 aliphatic heterocycles. The molecule has 25 heavy (non-hydrogen) atoms. The van der Waals surface area contributed by atoms with Gasteiger partial charge in [0.1, 0.15) is 5.75 Å². The smallest absolute Gasteiger partial charge is 0.404 e. The Labute approximate surface area is 148 Å². The number of carboxylic acid groups (broad SMARTS) is 1. The summed E-state index contributed by atoms with van der Waals surface area (Å²) in [6.07, 6.45) is 1.97. The van der Waals surface area contributed by atoms with Gasteiger partial charge >= 0.3 is 6.09 Å². The van der Waals surface area contributed by atoms with Gasteiger partial charge in [0.15, 0.2) is 0 Å². The predicted molar refractivity (Wildman–Crippen MR) is 96.3 cm³/mol. The second-order valence-corrected chi connectivity index (χ2v) is 6.11. The van der Waals surface area contributed by atoms with Crippen LogP contribution in [0.4, 0.5) is 10.5 Å². The first-order valence-electron chi connectivity index (χ1n) is 8.73. The molecule has 1 aliphatic rings. The maximum absolute atomic E-state index is 12.2. The van der Waals surface area contributed by atoms with E-state index in [0.717, 1.165) is 56.9 Å². The van der Waals surface area contributed by atoms with Gasteiger partial charge in [0, 0.05) is 44.8 Å². The van der Waals surface area contributed by atoms with Crippen LogP contribution in [-0.2, 0) is 4.79 Å². The minimum absolute atomic E-state index is 0.195. The third kappa shape index (κ3) is 6.17. The Bertz CT molecular complexity index is 554. The number of nitrogens with zero attached hydrogens (tertiary/aromatic N) is 2. The number of ether oxygens (including phenoxy) is 1. The highest BCUT2D eigenvalue weighted by Crippen LogP contribution is 2.20. The number of unbranched alkanes of at least 4 members (excludes halogenated alkanes) is 2. The summed E-state index contributed by atoms with van der Waals surface area (Å²) in [5.74, 6) is 1.04. The molecule has 7 nitrogen and oxygen atoms in total. The molecule has 0 saturated carbocycles. The molecule has 0 spiro atoms. The summed E-state index contributed by atoms with van der Waals surface area (Å²) in [6, 6.07) is 7.99. The third-order valence-corrected chi connectivity index (χ3v) is 4.41. The normalized spacial score (nSPS) is 14.3. The quantitative estimate of drug-likeness (QED) is 0.703. The van der Waals surface area contributed by atoms with E-state index in [-0.39, 0.29) is 5.91 Å². The number of nitrogens with one attached hydrogen (secondary N) is 1. The second kappa shape index (κ2) is 9.76. The maximum Gasteiger partial charge on any atom is 0.404 e. The van der Waals surface area contributed by atoms with E-state index in [9.17, 15) is 9.59 Å². The standard InChI is InChI=1S/C18H27N3O4/c1-25-16-8-6-15(7-9-16)20-11-13-21(14-12-20)17(22)5-3-2-4-10-19-18(23)24/h6-9,19H,2-5,10-14H2,1H3,(H,23,24). The molecule has 1 aromatic rings. The van der Waals surface area contributed by atoms with Crippen molar-refractivity contribution in [3.63, 3.8) is 0 Å². The van der Waals surface area contributed by atoms with E-state index in [4.69, 9.17) is 9.84 Å². The van der Waals surface area contributed by atoms with Crippen molar-refractivity contribution in [2.24, 2.45) is 0 Å². The average molecular weight is 349 g/mol. The van der Waals surface area contributed by atoms with Crippen LogP contribution in [0.1, 0.15) is 25.7 Å². The molecule has 1 aromatic carbocycles. The highest BCUT2D eigenvalue weighted by atomic mass is 16.5. The lowest BCUT2D eigenvalue weighted by molar-refractivity contribution is -0.131. The summed E-state index contributed by atoms with van der Waals surface area (Å²) in [6.45, 7) is 3.60. The van der Waals surface area contributed by atoms with Crippen LogP contribution in [0.15, 0.2) is 24.3 Å². The lowest BCUT2D eigenvalue weighted by Crippen LogP contribution is -2.48. The number of rotatable bonds is 8. The Kier molecular flexibility index (Phi) is 7.37. The minimum atomic E-state index is -0.995. The van der Waals surface area contributed by atoms with Crippen molar-refractivity contribution >= 4 is 17.7 Å². The number of anilines is 1. The van der Waals surface area contributed by atoms with Crippen LogP contribution < -0.4 is 15.0 Å². The zero-order chi connectivity index (χ0) is 18.1. The van der Waals surface area contributed by atoms with Crippen LogP contribution >= 0.6 is 0 Å². The molecule has 2 N–H and O–H groups in total. The van der Waals surface area contributed by atoms with Crippen molar-refractivity contribution in [1.29, 1.82) is 0 Å². The fraction of sp³-hybridized carbons (Fsp3) is 0.556. The van der Waals surface area contributed by atoms with E-state index in [1.54, 1.807) is 7.11 Å². The first-order valence-corrected chi connectivity index (χ1v) is 8.73. The molecule has 0 atom stereocenters. The summed E-state index contributed by atoms with van der Waals surface area (Å²) >= 11 is 0. The minimum Gasteiger partial charge on any atom is -0.497 e. The lowest BCUT2D eigenvalue weighted by Gasteiger charge is -2.36. The molecule has 2 rings (SSSR count). The zero-order valence-electron chi connectivity index (χ0n) is 14.7. The number of amides is 2. The molecule has 1 fully saturated rings. The van der Waals surface area contributed by atoms with Gasteiger partial charge < -0.3 is 25.0 Å². The molecular formula is C18H27N3O4. The Morgan fingerprint density at radius 3 is 2.36 bits per heavy atom. The van der Waals surface area contributed by atoms with E-state index < -0.39 is 6.09 Å². The number of hydrogen-bond donors (Lipinski definition) is 2. The number of carbonyl (C=O) groups excluding carboxylic acids is 1. The Morgan fingerprint density at radius 1 is 1.08 bits per heavy atom. The Hall–Kier alpha value is -2.44. The van der Waals surface area contributed by atoms with Gasteiger partial charge in [0.2, 0.25) is 5.91 Å².